The number of rotatable bonds is 5. The minimum absolute atomic E-state index is 0.377. The lowest BCUT2D eigenvalue weighted by atomic mass is 9.93. The monoisotopic (exact) mass is 304 g/mol. The van der Waals surface area contributed by atoms with Crippen LogP contribution in [-0.4, -0.2) is 51.7 Å². The highest BCUT2D eigenvalue weighted by Gasteiger charge is 2.23. The molecule has 122 valence electrons. The van der Waals surface area contributed by atoms with E-state index in [-0.39, 0.29) is 0 Å². The van der Waals surface area contributed by atoms with Gasteiger partial charge in [-0.3, -0.25) is 14.4 Å². The second-order valence-electron chi connectivity index (χ2n) is 6.89. The predicted octanol–water partition coefficient (Wildman–Crippen LogP) is 2.03. The maximum atomic E-state index is 12.2. The van der Waals surface area contributed by atoms with Gasteiger partial charge in [0.25, 0.3) is 0 Å². The molecule has 2 aliphatic rings. The molecule has 2 fully saturated rings. The van der Waals surface area contributed by atoms with Gasteiger partial charge in [-0.1, -0.05) is 0 Å². The Hall–Kier alpha value is -1.36. The van der Waals surface area contributed by atoms with Crippen molar-refractivity contribution in [3.63, 3.8) is 0 Å². The van der Waals surface area contributed by atoms with Gasteiger partial charge in [0.1, 0.15) is 0 Å². The van der Waals surface area contributed by atoms with Crippen LogP contribution >= 0.6 is 0 Å². The highest BCUT2D eigenvalue weighted by molar-refractivity contribution is 5.76. The first-order valence-corrected chi connectivity index (χ1v) is 8.68. The zero-order valence-corrected chi connectivity index (χ0v) is 13.7. The predicted molar refractivity (Wildman–Crippen MR) is 86.3 cm³/mol. The first-order valence-electron chi connectivity index (χ1n) is 8.68. The zero-order chi connectivity index (χ0) is 15.4. The Morgan fingerprint density at radius 3 is 2.82 bits per heavy atom. The summed E-state index contributed by atoms with van der Waals surface area (Å²) in [6.07, 6.45) is 10.8. The molecule has 0 spiro atoms. The number of nitrogens with zero attached hydrogens (tertiary/aromatic N) is 4. The van der Waals surface area contributed by atoms with Crippen LogP contribution in [0.2, 0.25) is 0 Å². The SMILES string of the molecule is Cn1cc(CN2CCCC(CCC(=O)N3CCCC3)C2)cn1. The van der Waals surface area contributed by atoms with Gasteiger partial charge in [0.2, 0.25) is 5.91 Å². The van der Waals surface area contributed by atoms with E-state index >= 15 is 0 Å². The number of aryl methyl sites for hydroxylation is 1. The van der Waals surface area contributed by atoms with Crippen LogP contribution in [0.5, 0.6) is 0 Å². The summed E-state index contributed by atoms with van der Waals surface area (Å²) in [7, 11) is 1.96. The van der Waals surface area contributed by atoms with Crippen LogP contribution in [0.25, 0.3) is 0 Å². The molecular weight excluding hydrogens is 276 g/mol. The average molecular weight is 304 g/mol. The Morgan fingerprint density at radius 2 is 2.09 bits per heavy atom. The Bertz CT molecular complexity index is 493. The molecule has 3 heterocycles. The van der Waals surface area contributed by atoms with Crippen molar-refractivity contribution in [2.75, 3.05) is 26.2 Å². The number of piperidine rings is 1. The third-order valence-corrected chi connectivity index (χ3v) is 4.99. The van der Waals surface area contributed by atoms with Gasteiger partial charge in [0, 0.05) is 51.4 Å². The van der Waals surface area contributed by atoms with Crippen LogP contribution in [0.4, 0.5) is 0 Å². The second-order valence-corrected chi connectivity index (χ2v) is 6.89. The normalized spacial score (nSPS) is 23.1. The molecule has 1 atom stereocenters. The van der Waals surface area contributed by atoms with Crippen molar-refractivity contribution in [2.24, 2.45) is 13.0 Å². The van der Waals surface area contributed by atoms with Crippen LogP contribution in [0.15, 0.2) is 12.4 Å². The smallest absolute Gasteiger partial charge is 0.222 e. The molecule has 0 aromatic carbocycles. The topological polar surface area (TPSA) is 41.4 Å². The van der Waals surface area contributed by atoms with Gasteiger partial charge in [-0.25, -0.2) is 0 Å². The van der Waals surface area contributed by atoms with Gasteiger partial charge in [-0.2, -0.15) is 5.10 Å². The van der Waals surface area contributed by atoms with Crippen LogP contribution in [0.1, 0.15) is 44.1 Å². The number of likely N-dealkylation sites (tertiary alicyclic amines) is 2. The third kappa shape index (κ3) is 4.09. The van der Waals surface area contributed by atoms with Gasteiger partial charge < -0.3 is 4.90 Å². The molecular formula is C17H28N4O. The maximum Gasteiger partial charge on any atom is 0.222 e. The quantitative estimate of drug-likeness (QED) is 0.836. The molecule has 22 heavy (non-hydrogen) atoms. The molecule has 3 rings (SSSR count). The minimum atomic E-state index is 0.377. The summed E-state index contributed by atoms with van der Waals surface area (Å²) in [5.41, 5.74) is 1.29. The fourth-order valence-corrected chi connectivity index (χ4v) is 3.79. The number of hydrogen-bond acceptors (Lipinski definition) is 3. The van der Waals surface area contributed by atoms with E-state index in [9.17, 15) is 4.79 Å². The van der Waals surface area contributed by atoms with E-state index in [2.05, 4.69) is 21.1 Å². The molecule has 0 bridgehead atoms. The van der Waals surface area contributed by atoms with Crippen molar-refractivity contribution < 1.29 is 4.79 Å². The van der Waals surface area contributed by atoms with Gasteiger partial charge in [0.15, 0.2) is 0 Å². The molecule has 1 aromatic heterocycles. The van der Waals surface area contributed by atoms with Crippen molar-refractivity contribution in [3.05, 3.63) is 18.0 Å². The van der Waals surface area contributed by atoms with Crippen molar-refractivity contribution in [3.8, 4) is 0 Å². The Balaban J connectivity index is 1.43. The van der Waals surface area contributed by atoms with E-state index in [1.54, 1.807) is 0 Å². The number of aromatic nitrogens is 2. The van der Waals surface area contributed by atoms with Gasteiger partial charge in [-0.05, 0) is 44.6 Å². The molecule has 1 amide bonds. The molecule has 2 aliphatic heterocycles. The van der Waals surface area contributed by atoms with E-state index in [0.717, 1.165) is 39.0 Å². The highest BCUT2D eigenvalue weighted by atomic mass is 16.2. The van der Waals surface area contributed by atoms with E-state index in [4.69, 9.17) is 0 Å². The van der Waals surface area contributed by atoms with Crippen LogP contribution in [0, 0.1) is 5.92 Å². The fourth-order valence-electron chi connectivity index (χ4n) is 3.79. The Morgan fingerprint density at radius 1 is 1.27 bits per heavy atom. The lowest BCUT2D eigenvalue weighted by molar-refractivity contribution is -0.130. The van der Waals surface area contributed by atoms with Gasteiger partial charge in [0.05, 0.1) is 6.20 Å². The lowest BCUT2D eigenvalue weighted by Gasteiger charge is -2.32. The lowest BCUT2D eigenvalue weighted by Crippen LogP contribution is -2.35. The molecule has 0 saturated carbocycles. The molecule has 1 aromatic rings. The van der Waals surface area contributed by atoms with Crippen LogP contribution in [0.3, 0.4) is 0 Å². The number of carbonyl (C=O) groups is 1. The second kappa shape index (κ2) is 7.27. The summed E-state index contributed by atoms with van der Waals surface area (Å²) in [4.78, 5) is 16.7. The summed E-state index contributed by atoms with van der Waals surface area (Å²) in [5, 5.41) is 4.24. The van der Waals surface area contributed by atoms with E-state index < -0.39 is 0 Å². The molecule has 0 N–H and O–H groups in total. The number of carbonyl (C=O) groups excluding carboxylic acids is 1. The van der Waals surface area contributed by atoms with Gasteiger partial charge >= 0.3 is 0 Å². The molecule has 0 aliphatic carbocycles. The van der Waals surface area contributed by atoms with E-state index in [1.165, 1.54) is 37.8 Å². The van der Waals surface area contributed by atoms with Crippen molar-refractivity contribution in [1.82, 2.24) is 19.6 Å². The van der Waals surface area contributed by atoms with Crippen molar-refractivity contribution in [1.29, 1.82) is 0 Å². The molecule has 1 unspecified atom stereocenters. The molecule has 5 heteroatoms. The Kier molecular flexibility index (Phi) is 5.13. The zero-order valence-electron chi connectivity index (χ0n) is 13.7. The Labute approximate surface area is 133 Å². The maximum absolute atomic E-state index is 12.2. The molecule has 0 radical (unpaired) electrons. The fraction of sp³-hybridized carbons (Fsp3) is 0.765. The summed E-state index contributed by atoms with van der Waals surface area (Å²) in [5.74, 6) is 1.05. The van der Waals surface area contributed by atoms with E-state index in [1.807, 2.05) is 17.9 Å². The third-order valence-electron chi connectivity index (χ3n) is 4.99. The minimum Gasteiger partial charge on any atom is -0.343 e. The standard InChI is InChI=1S/C17H28N4O/c1-19-12-16(11-18-19)14-20-8-4-5-15(13-20)6-7-17(22)21-9-2-3-10-21/h11-12,15H,2-10,13-14H2,1H3. The van der Waals surface area contributed by atoms with Crippen molar-refractivity contribution >= 4 is 5.91 Å². The van der Waals surface area contributed by atoms with Crippen LogP contribution < -0.4 is 0 Å². The van der Waals surface area contributed by atoms with Crippen molar-refractivity contribution in [2.45, 2.75) is 45.1 Å². The highest BCUT2D eigenvalue weighted by Crippen LogP contribution is 2.23. The van der Waals surface area contributed by atoms with Gasteiger partial charge in [-0.15, -0.1) is 0 Å². The largest absolute Gasteiger partial charge is 0.343 e. The first-order chi connectivity index (χ1) is 10.7. The molecule has 5 nitrogen and oxygen atoms in total. The summed E-state index contributed by atoms with van der Waals surface area (Å²) in [6, 6.07) is 0. The average Bonchev–Trinajstić information content (AvgIpc) is 3.17. The summed E-state index contributed by atoms with van der Waals surface area (Å²) in [6.45, 7) is 5.26. The molecule has 2 saturated heterocycles. The summed E-state index contributed by atoms with van der Waals surface area (Å²) < 4.78 is 1.87. The van der Waals surface area contributed by atoms with E-state index in [0.29, 0.717) is 11.8 Å². The van der Waals surface area contributed by atoms with Crippen LogP contribution in [-0.2, 0) is 18.4 Å². The number of hydrogen-bond donors (Lipinski definition) is 0. The summed E-state index contributed by atoms with van der Waals surface area (Å²) >= 11 is 0. The number of amides is 1. The first kappa shape index (κ1) is 15.5.